The van der Waals surface area contributed by atoms with Crippen molar-refractivity contribution in [1.82, 2.24) is 20.1 Å². The second-order valence-electron chi connectivity index (χ2n) is 2.74. The van der Waals surface area contributed by atoms with E-state index >= 15 is 0 Å². The number of anilines is 1. The molecule has 0 saturated carbocycles. The molecule has 78 valence electrons. The van der Waals surface area contributed by atoms with E-state index in [0.29, 0.717) is 29.8 Å². The molecule has 2 aromatic heterocycles. The average Bonchev–Trinajstić information content (AvgIpc) is 2.71. The summed E-state index contributed by atoms with van der Waals surface area (Å²) < 4.78 is 4.84. The van der Waals surface area contributed by atoms with Gasteiger partial charge < -0.3 is 9.84 Å². The summed E-state index contributed by atoms with van der Waals surface area (Å²) in [5.74, 6) is 1.26. The number of nitrogens with zero attached hydrogens (tertiary/aromatic N) is 4. The van der Waals surface area contributed by atoms with Crippen LogP contribution in [0.25, 0.3) is 0 Å². The van der Waals surface area contributed by atoms with Crippen molar-refractivity contribution in [2.24, 2.45) is 0 Å². The normalized spacial score (nSPS) is 10.2. The van der Waals surface area contributed by atoms with Crippen LogP contribution >= 0.6 is 11.6 Å². The number of nitrogens with one attached hydrogen (secondary N) is 1. The third-order valence-corrected chi connectivity index (χ3v) is 1.89. The van der Waals surface area contributed by atoms with Gasteiger partial charge in [0.1, 0.15) is 17.3 Å². The van der Waals surface area contributed by atoms with E-state index in [1.165, 1.54) is 12.7 Å². The Morgan fingerprint density at radius 2 is 2.20 bits per heavy atom. The monoisotopic (exact) mass is 225 g/mol. The number of hydrogen-bond acceptors (Lipinski definition) is 6. The van der Waals surface area contributed by atoms with Gasteiger partial charge in [0, 0.05) is 19.0 Å². The lowest BCUT2D eigenvalue weighted by molar-refractivity contribution is 0.379. The Morgan fingerprint density at radius 3 is 2.93 bits per heavy atom. The number of halogens is 1. The highest BCUT2D eigenvalue weighted by Crippen LogP contribution is 2.08. The van der Waals surface area contributed by atoms with E-state index in [1.807, 2.05) is 0 Å². The molecule has 2 heterocycles. The fourth-order valence-corrected chi connectivity index (χ4v) is 1.18. The van der Waals surface area contributed by atoms with Crippen LogP contribution in [0.1, 0.15) is 5.89 Å². The van der Waals surface area contributed by atoms with Crippen LogP contribution in [0.15, 0.2) is 23.2 Å². The minimum atomic E-state index is 0.408. The minimum Gasteiger partial charge on any atom is -0.369 e. The Balaban J connectivity index is 1.83. The molecule has 0 saturated heterocycles. The van der Waals surface area contributed by atoms with Crippen molar-refractivity contribution < 1.29 is 4.52 Å². The maximum absolute atomic E-state index is 5.69. The maximum atomic E-state index is 5.69. The molecule has 0 fully saturated rings. The molecule has 2 rings (SSSR count). The SMILES string of the molecule is Clc1cc(NCCc2ncno2)ncn1. The lowest BCUT2D eigenvalue weighted by Gasteiger charge is -2.02. The summed E-state index contributed by atoms with van der Waals surface area (Å²) in [4.78, 5) is 11.6. The summed E-state index contributed by atoms with van der Waals surface area (Å²) in [5.41, 5.74) is 0. The number of aromatic nitrogens is 4. The van der Waals surface area contributed by atoms with Crippen LogP contribution in [-0.2, 0) is 6.42 Å². The van der Waals surface area contributed by atoms with E-state index in [4.69, 9.17) is 16.1 Å². The number of rotatable bonds is 4. The van der Waals surface area contributed by atoms with Gasteiger partial charge in [-0.3, -0.25) is 0 Å². The predicted molar refractivity (Wildman–Crippen MR) is 53.5 cm³/mol. The largest absolute Gasteiger partial charge is 0.369 e. The smallest absolute Gasteiger partial charge is 0.228 e. The molecule has 2 aromatic rings. The molecule has 0 unspecified atom stereocenters. The van der Waals surface area contributed by atoms with Gasteiger partial charge in [-0.25, -0.2) is 9.97 Å². The molecule has 7 heteroatoms. The van der Waals surface area contributed by atoms with Crippen LogP contribution in [0, 0.1) is 0 Å². The van der Waals surface area contributed by atoms with Gasteiger partial charge in [0.05, 0.1) is 0 Å². The van der Waals surface area contributed by atoms with Crippen molar-refractivity contribution >= 4 is 17.4 Å². The third kappa shape index (κ3) is 2.88. The summed E-state index contributed by atoms with van der Waals surface area (Å²) in [6.45, 7) is 0.648. The first-order valence-corrected chi connectivity index (χ1v) is 4.69. The van der Waals surface area contributed by atoms with Crippen LogP contribution in [0.2, 0.25) is 5.15 Å². The molecule has 6 nitrogen and oxygen atoms in total. The Hall–Kier alpha value is -1.69. The highest BCUT2D eigenvalue weighted by atomic mass is 35.5. The van der Waals surface area contributed by atoms with Gasteiger partial charge in [-0.1, -0.05) is 16.8 Å². The van der Waals surface area contributed by atoms with Crippen LogP contribution in [0.3, 0.4) is 0 Å². The Bertz CT molecular complexity index is 419. The Labute approximate surface area is 90.7 Å². The molecule has 0 aliphatic carbocycles. The van der Waals surface area contributed by atoms with Crippen LogP contribution in [0.4, 0.5) is 5.82 Å². The highest BCUT2D eigenvalue weighted by Gasteiger charge is 1.99. The van der Waals surface area contributed by atoms with E-state index in [2.05, 4.69) is 25.4 Å². The van der Waals surface area contributed by atoms with Gasteiger partial charge in [-0.15, -0.1) is 0 Å². The van der Waals surface area contributed by atoms with Crippen LogP contribution in [0.5, 0.6) is 0 Å². The van der Waals surface area contributed by atoms with Crippen LogP contribution < -0.4 is 5.32 Å². The first-order chi connectivity index (χ1) is 7.34. The summed E-state index contributed by atoms with van der Waals surface area (Å²) >= 11 is 5.69. The molecular weight excluding hydrogens is 218 g/mol. The fraction of sp³-hybridized carbons (Fsp3) is 0.250. The number of hydrogen-bond donors (Lipinski definition) is 1. The second kappa shape index (κ2) is 4.70. The molecule has 0 aromatic carbocycles. The third-order valence-electron chi connectivity index (χ3n) is 1.69. The van der Waals surface area contributed by atoms with Gasteiger partial charge in [0.15, 0.2) is 6.33 Å². The molecule has 0 aliphatic rings. The van der Waals surface area contributed by atoms with Gasteiger partial charge >= 0.3 is 0 Å². The van der Waals surface area contributed by atoms with Gasteiger partial charge in [-0.2, -0.15) is 4.98 Å². The van der Waals surface area contributed by atoms with Crippen LogP contribution in [-0.4, -0.2) is 26.7 Å². The molecule has 0 atom stereocenters. The average molecular weight is 226 g/mol. The van der Waals surface area contributed by atoms with E-state index in [1.54, 1.807) is 6.07 Å². The van der Waals surface area contributed by atoms with Gasteiger partial charge in [0.25, 0.3) is 0 Å². The lowest BCUT2D eigenvalue weighted by Crippen LogP contribution is -2.06. The first-order valence-electron chi connectivity index (χ1n) is 4.31. The van der Waals surface area contributed by atoms with Crippen molar-refractivity contribution in [1.29, 1.82) is 0 Å². The molecule has 15 heavy (non-hydrogen) atoms. The van der Waals surface area contributed by atoms with E-state index in [0.717, 1.165) is 0 Å². The minimum absolute atomic E-state index is 0.408. The van der Waals surface area contributed by atoms with Crippen molar-refractivity contribution in [2.45, 2.75) is 6.42 Å². The molecule has 1 N–H and O–H groups in total. The molecular formula is C8H8ClN5O. The first kappa shape index (κ1) is 9.85. The van der Waals surface area contributed by atoms with E-state index in [9.17, 15) is 0 Å². The summed E-state index contributed by atoms with van der Waals surface area (Å²) in [7, 11) is 0. The van der Waals surface area contributed by atoms with E-state index < -0.39 is 0 Å². The zero-order chi connectivity index (χ0) is 10.5. The van der Waals surface area contributed by atoms with Gasteiger partial charge in [-0.05, 0) is 0 Å². The fourth-order valence-electron chi connectivity index (χ4n) is 1.03. The van der Waals surface area contributed by atoms with Crippen molar-refractivity contribution in [3.8, 4) is 0 Å². The van der Waals surface area contributed by atoms with Crippen molar-refractivity contribution in [3.63, 3.8) is 0 Å². The van der Waals surface area contributed by atoms with Crippen molar-refractivity contribution in [2.75, 3.05) is 11.9 Å². The second-order valence-corrected chi connectivity index (χ2v) is 3.13. The van der Waals surface area contributed by atoms with E-state index in [-0.39, 0.29) is 0 Å². The summed E-state index contributed by atoms with van der Waals surface area (Å²) in [6, 6.07) is 1.65. The Morgan fingerprint density at radius 1 is 1.27 bits per heavy atom. The van der Waals surface area contributed by atoms with Crippen molar-refractivity contribution in [3.05, 3.63) is 29.8 Å². The molecule has 0 spiro atoms. The predicted octanol–water partition coefficient (Wildman–Crippen LogP) is 1.17. The lowest BCUT2D eigenvalue weighted by atomic mass is 10.4. The Kier molecular flexibility index (Phi) is 3.08. The topological polar surface area (TPSA) is 76.7 Å². The maximum Gasteiger partial charge on any atom is 0.228 e. The molecule has 0 aliphatic heterocycles. The quantitative estimate of drug-likeness (QED) is 0.787. The summed E-state index contributed by atoms with van der Waals surface area (Å²) in [5, 5.41) is 6.97. The standard InChI is InChI=1S/C8H8ClN5O/c9-6-3-7(12-4-11-6)10-2-1-8-13-5-14-15-8/h3-5H,1-2H2,(H,10,11,12). The highest BCUT2D eigenvalue weighted by molar-refractivity contribution is 6.29. The summed E-state index contributed by atoms with van der Waals surface area (Å²) in [6.07, 6.45) is 3.41. The molecule has 0 radical (unpaired) electrons. The molecule has 0 amide bonds. The van der Waals surface area contributed by atoms with Gasteiger partial charge in [0.2, 0.25) is 5.89 Å². The zero-order valence-corrected chi connectivity index (χ0v) is 8.48. The molecule has 0 bridgehead atoms. The zero-order valence-electron chi connectivity index (χ0n) is 7.72.